The monoisotopic (exact) mass is 317 g/mol. The van der Waals surface area contributed by atoms with E-state index in [1.165, 1.54) is 4.31 Å². The third-order valence-electron chi connectivity index (χ3n) is 4.41. The van der Waals surface area contributed by atoms with E-state index in [2.05, 4.69) is 0 Å². The molecule has 0 aromatic rings. The zero-order valence-corrected chi connectivity index (χ0v) is 13.6. The van der Waals surface area contributed by atoms with Crippen LogP contribution in [0.15, 0.2) is 0 Å². The number of nitrogens with two attached hydrogens (primary N) is 1. The molecule has 0 saturated carbocycles. The van der Waals surface area contributed by atoms with E-state index >= 15 is 0 Å². The fourth-order valence-electron chi connectivity index (χ4n) is 3.19. The number of hydrogen-bond donors (Lipinski definition) is 1. The van der Waals surface area contributed by atoms with Gasteiger partial charge in [-0.15, -0.1) is 0 Å². The Balaban J connectivity index is 2.09. The Labute approximate surface area is 127 Å². The molecule has 0 bridgehead atoms. The zero-order chi connectivity index (χ0) is 15.5. The van der Waals surface area contributed by atoms with Crippen molar-refractivity contribution < 1.29 is 13.2 Å². The minimum atomic E-state index is -3.32. The van der Waals surface area contributed by atoms with Gasteiger partial charge in [0.2, 0.25) is 15.9 Å². The molecule has 0 aromatic carbocycles. The van der Waals surface area contributed by atoms with Gasteiger partial charge in [-0.25, -0.2) is 8.42 Å². The molecule has 0 spiro atoms. The van der Waals surface area contributed by atoms with Gasteiger partial charge in [0.15, 0.2) is 0 Å². The van der Waals surface area contributed by atoms with Gasteiger partial charge >= 0.3 is 0 Å². The van der Waals surface area contributed by atoms with Gasteiger partial charge in [-0.1, -0.05) is 13.3 Å². The average Bonchev–Trinajstić information content (AvgIpc) is 2.47. The molecule has 0 radical (unpaired) electrons. The molecule has 2 saturated heterocycles. The van der Waals surface area contributed by atoms with Crippen molar-refractivity contribution in [2.75, 3.05) is 25.4 Å². The Hall–Kier alpha value is -0.660. The van der Waals surface area contributed by atoms with Crippen molar-refractivity contribution in [2.45, 2.75) is 57.5 Å². The second kappa shape index (κ2) is 7.07. The van der Waals surface area contributed by atoms with Crippen LogP contribution in [0.25, 0.3) is 0 Å². The molecule has 0 aromatic heterocycles. The second-order valence-corrected chi connectivity index (χ2v) is 8.14. The van der Waals surface area contributed by atoms with E-state index in [9.17, 15) is 13.2 Å². The molecule has 1 atom stereocenters. The summed E-state index contributed by atoms with van der Waals surface area (Å²) >= 11 is 0. The summed E-state index contributed by atoms with van der Waals surface area (Å²) in [5.74, 6) is 0.100. The van der Waals surface area contributed by atoms with Crippen LogP contribution in [0.4, 0.5) is 0 Å². The summed E-state index contributed by atoms with van der Waals surface area (Å²) in [5.41, 5.74) is 5.87. The smallest absolute Gasteiger partial charge is 0.241 e. The van der Waals surface area contributed by atoms with Gasteiger partial charge in [0.05, 0.1) is 5.75 Å². The van der Waals surface area contributed by atoms with E-state index in [0.29, 0.717) is 32.5 Å². The van der Waals surface area contributed by atoms with E-state index in [1.807, 2.05) is 6.92 Å². The predicted molar refractivity (Wildman–Crippen MR) is 82.2 cm³/mol. The third kappa shape index (κ3) is 3.96. The van der Waals surface area contributed by atoms with Crippen molar-refractivity contribution >= 4 is 15.9 Å². The molecule has 2 N–H and O–H groups in total. The lowest BCUT2D eigenvalue weighted by molar-refractivity contribution is -0.137. The molecule has 2 heterocycles. The van der Waals surface area contributed by atoms with Crippen molar-refractivity contribution in [3.63, 3.8) is 0 Å². The van der Waals surface area contributed by atoms with Gasteiger partial charge in [0.25, 0.3) is 0 Å². The summed E-state index contributed by atoms with van der Waals surface area (Å²) in [6, 6.07) is -0.329. The van der Waals surface area contributed by atoms with Gasteiger partial charge < -0.3 is 10.6 Å². The first kappa shape index (κ1) is 16.7. The Morgan fingerprint density at radius 2 is 1.81 bits per heavy atom. The van der Waals surface area contributed by atoms with Crippen LogP contribution in [0.1, 0.15) is 45.4 Å². The molecule has 0 aliphatic carbocycles. The first-order chi connectivity index (χ1) is 9.95. The Morgan fingerprint density at radius 3 is 2.43 bits per heavy atom. The van der Waals surface area contributed by atoms with E-state index in [0.717, 1.165) is 25.7 Å². The number of piperidine rings is 2. The third-order valence-corrected chi connectivity index (χ3v) is 6.49. The number of sulfonamides is 1. The summed E-state index contributed by atoms with van der Waals surface area (Å²) in [6.45, 7) is 3.63. The minimum Gasteiger partial charge on any atom is -0.341 e. The number of rotatable bonds is 4. The van der Waals surface area contributed by atoms with Gasteiger partial charge in [0.1, 0.15) is 6.04 Å². The molecule has 21 heavy (non-hydrogen) atoms. The SMILES string of the molecule is CCCS(=O)(=O)N1CCCCC1C(=O)N1CCC(N)CC1. The lowest BCUT2D eigenvalue weighted by Crippen LogP contribution is -2.55. The fraction of sp³-hybridized carbons (Fsp3) is 0.929. The summed E-state index contributed by atoms with van der Waals surface area (Å²) in [6.07, 6.45) is 4.60. The molecular weight excluding hydrogens is 290 g/mol. The second-order valence-electron chi connectivity index (χ2n) is 6.10. The predicted octanol–water partition coefficient (Wildman–Crippen LogP) is 0.530. The van der Waals surface area contributed by atoms with Crippen LogP contribution < -0.4 is 5.73 Å². The lowest BCUT2D eigenvalue weighted by atomic mass is 10.0. The van der Waals surface area contributed by atoms with Crippen LogP contribution in [0.5, 0.6) is 0 Å². The highest BCUT2D eigenvalue weighted by Crippen LogP contribution is 2.24. The number of nitrogens with zero attached hydrogens (tertiary/aromatic N) is 2. The quantitative estimate of drug-likeness (QED) is 0.820. The summed E-state index contributed by atoms with van der Waals surface area (Å²) in [4.78, 5) is 14.5. The largest absolute Gasteiger partial charge is 0.341 e. The maximum absolute atomic E-state index is 12.7. The molecule has 1 unspecified atom stereocenters. The molecule has 2 fully saturated rings. The maximum Gasteiger partial charge on any atom is 0.241 e. The summed E-state index contributed by atoms with van der Waals surface area (Å²) < 4.78 is 26.2. The van der Waals surface area contributed by atoms with E-state index in [-0.39, 0.29) is 17.7 Å². The maximum atomic E-state index is 12.7. The van der Waals surface area contributed by atoms with Gasteiger partial charge in [-0.3, -0.25) is 4.79 Å². The number of likely N-dealkylation sites (tertiary alicyclic amines) is 1. The fourth-order valence-corrected chi connectivity index (χ4v) is 4.93. The van der Waals surface area contributed by atoms with Crippen molar-refractivity contribution in [3.05, 3.63) is 0 Å². The average molecular weight is 317 g/mol. The molecular formula is C14H27N3O3S. The standard InChI is InChI=1S/C14H27N3O3S/c1-2-11-21(19,20)17-8-4-3-5-13(17)14(18)16-9-6-12(15)7-10-16/h12-13H,2-11,15H2,1H3. The Morgan fingerprint density at radius 1 is 1.14 bits per heavy atom. The van der Waals surface area contributed by atoms with E-state index in [1.54, 1.807) is 4.90 Å². The van der Waals surface area contributed by atoms with Crippen LogP contribution in [-0.2, 0) is 14.8 Å². The first-order valence-corrected chi connectivity index (χ1v) is 9.60. The number of carbonyl (C=O) groups is 1. The first-order valence-electron chi connectivity index (χ1n) is 7.99. The number of hydrogen-bond acceptors (Lipinski definition) is 4. The Bertz CT molecular complexity index is 458. The summed E-state index contributed by atoms with van der Waals surface area (Å²) in [5, 5.41) is 0. The molecule has 2 aliphatic rings. The van der Waals surface area contributed by atoms with Crippen LogP contribution >= 0.6 is 0 Å². The highest BCUT2D eigenvalue weighted by molar-refractivity contribution is 7.89. The molecule has 122 valence electrons. The molecule has 7 heteroatoms. The van der Waals surface area contributed by atoms with Crippen LogP contribution in [-0.4, -0.2) is 61.0 Å². The van der Waals surface area contributed by atoms with Crippen molar-refractivity contribution in [1.29, 1.82) is 0 Å². The lowest BCUT2D eigenvalue weighted by Gasteiger charge is -2.38. The highest BCUT2D eigenvalue weighted by Gasteiger charge is 2.38. The number of amides is 1. The van der Waals surface area contributed by atoms with E-state index < -0.39 is 16.1 Å². The number of carbonyl (C=O) groups excluding carboxylic acids is 1. The van der Waals surface area contributed by atoms with Gasteiger partial charge in [0, 0.05) is 25.7 Å². The molecule has 6 nitrogen and oxygen atoms in total. The van der Waals surface area contributed by atoms with Crippen molar-refractivity contribution in [3.8, 4) is 0 Å². The molecule has 2 aliphatic heterocycles. The highest BCUT2D eigenvalue weighted by atomic mass is 32.2. The normalized spacial score (nSPS) is 26.0. The molecule has 2 rings (SSSR count). The van der Waals surface area contributed by atoms with Crippen molar-refractivity contribution in [2.24, 2.45) is 5.73 Å². The van der Waals surface area contributed by atoms with Crippen LogP contribution in [0.3, 0.4) is 0 Å². The van der Waals surface area contributed by atoms with E-state index in [4.69, 9.17) is 5.73 Å². The van der Waals surface area contributed by atoms with Crippen LogP contribution in [0.2, 0.25) is 0 Å². The molecule has 1 amide bonds. The van der Waals surface area contributed by atoms with Crippen molar-refractivity contribution in [1.82, 2.24) is 9.21 Å². The topological polar surface area (TPSA) is 83.7 Å². The Kier molecular flexibility index (Phi) is 5.62. The van der Waals surface area contributed by atoms with Gasteiger partial charge in [-0.2, -0.15) is 4.31 Å². The van der Waals surface area contributed by atoms with Gasteiger partial charge in [-0.05, 0) is 32.1 Å². The minimum absolute atomic E-state index is 0.0266. The zero-order valence-electron chi connectivity index (χ0n) is 12.8. The van der Waals surface area contributed by atoms with Crippen LogP contribution in [0, 0.1) is 0 Å². The summed E-state index contributed by atoms with van der Waals surface area (Å²) in [7, 11) is -3.32.